The number of Topliss-reactive ketones (excluding diaryl/α,β-unsaturated/α-hetero) is 2. The fraction of sp³-hybridized carbons (Fsp3) is 0.167. The van der Waals surface area contributed by atoms with E-state index < -0.39 is 23.1 Å². The van der Waals surface area contributed by atoms with Crippen LogP contribution in [-0.2, 0) is 4.74 Å². The average Bonchev–Trinajstić information content (AvgIpc) is 2.82. The number of carbonyl (C=O) groups is 3. The zero-order valence-corrected chi connectivity index (χ0v) is 17.8. The lowest BCUT2D eigenvalue weighted by Crippen LogP contribution is -2.94. The van der Waals surface area contributed by atoms with Gasteiger partial charge in [0.1, 0.15) is 0 Å². The Hall–Kier alpha value is -4.08. The van der Waals surface area contributed by atoms with Crippen LogP contribution in [0.15, 0.2) is 70.7 Å². The molecule has 9 nitrogen and oxygen atoms in total. The molecule has 1 aliphatic rings. The number of hydroxylamine groups is 1. The van der Waals surface area contributed by atoms with Gasteiger partial charge in [-0.25, -0.2) is 10.0 Å². The van der Waals surface area contributed by atoms with Crippen LogP contribution >= 0.6 is 0 Å². The van der Waals surface area contributed by atoms with Gasteiger partial charge in [-0.2, -0.15) is 5.48 Å². The summed E-state index contributed by atoms with van der Waals surface area (Å²) in [5.74, 6) is -1.64. The van der Waals surface area contributed by atoms with Crippen molar-refractivity contribution >= 4 is 28.4 Å². The van der Waals surface area contributed by atoms with Crippen LogP contribution in [0.25, 0.3) is 10.9 Å². The number of benzene rings is 2. The number of quaternary nitrogens is 1. The fourth-order valence-electron chi connectivity index (χ4n) is 4.00. The van der Waals surface area contributed by atoms with Gasteiger partial charge >= 0.3 is 5.97 Å². The van der Waals surface area contributed by atoms with Gasteiger partial charge in [0, 0.05) is 23.6 Å². The Morgan fingerprint density at radius 2 is 1.73 bits per heavy atom. The van der Waals surface area contributed by atoms with Crippen LogP contribution in [0.5, 0.6) is 0 Å². The smallest absolute Gasteiger partial charge is 0.340 e. The van der Waals surface area contributed by atoms with Gasteiger partial charge in [0.05, 0.1) is 29.0 Å². The predicted octanol–water partition coefficient (Wildman–Crippen LogP) is 1.08. The standard InChI is InChI=1S/C24H21N3O6/c1-24(27-32,18-19(25)22(30)15-7-3-2-6-14(15)21(18)29)11-12-33-23(31)16-8-4-5-13-9-10-17(28)26-20(13)16/h2-10,27,32H,11-12,25H2,1H3,(H,26,28)/p+1. The topological polar surface area (TPSA) is 156 Å². The number of esters is 1. The molecular formula is C24H22N3O6+. The van der Waals surface area contributed by atoms with E-state index in [9.17, 15) is 24.4 Å². The Labute approximate surface area is 187 Å². The molecule has 168 valence electrons. The molecule has 0 saturated carbocycles. The van der Waals surface area contributed by atoms with Crippen molar-refractivity contribution < 1.29 is 29.8 Å². The lowest BCUT2D eigenvalue weighted by molar-refractivity contribution is -0.927. The van der Waals surface area contributed by atoms with Crippen molar-refractivity contribution in [3.05, 3.63) is 92.9 Å². The molecule has 1 atom stereocenters. The first kappa shape index (κ1) is 22.1. The number of para-hydroxylation sites is 1. The molecule has 4 rings (SSSR count). The van der Waals surface area contributed by atoms with Crippen molar-refractivity contribution in [3.8, 4) is 0 Å². The number of ether oxygens (including phenoxy) is 1. The molecule has 3 aromatic rings. The SMILES string of the molecule is CC(CCOC(=O)c1cccc2ccc(=O)[nH]c12)([NH2+]O)C1=C(N)C(=O)c2ccccc2C1=O. The van der Waals surface area contributed by atoms with Gasteiger partial charge in [0.25, 0.3) is 0 Å². The molecule has 1 aliphatic carbocycles. The van der Waals surface area contributed by atoms with Crippen molar-refractivity contribution in [2.45, 2.75) is 18.9 Å². The quantitative estimate of drug-likeness (QED) is 0.325. The van der Waals surface area contributed by atoms with Crippen LogP contribution in [-0.4, -0.2) is 39.9 Å². The van der Waals surface area contributed by atoms with Crippen molar-refractivity contribution in [3.63, 3.8) is 0 Å². The molecule has 1 heterocycles. The van der Waals surface area contributed by atoms with E-state index in [0.717, 1.165) is 5.48 Å². The number of fused-ring (bicyclic) bond motifs is 2. The molecule has 0 amide bonds. The van der Waals surface area contributed by atoms with E-state index in [1.165, 1.54) is 31.2 Å². The molecule has 2 aromatic carbocycles. The number of rotatable bonds is 6. The van der Waals surface area contributed by atoms with E-state index in [1.54, 1.807) is 30.3 Å². The van der Waals surface area contributed by atoms with Gasteiger partial charge in [0.2, 0.25) is 11.3 Å². The van der Waals surface area contributed by atoms with Crippen molar-refractivity contribution in [1.29, 1.82) is 0 Å². The number of aromatic amines is 1. The Kier molecular flexibility index (Phi) is 5.67. The number of nitrogens with one attached hydrogen (secondary N) is 1. The first-order chi connectivity index (χ1) is 15.8. The first-order valence-electron chi connectivity index (χ1n) is 10.2. The summed E-state index contributed by atoms with van der Waals surface area (Å²) >= 11 is 0. The van der Waals surface area contributed by atoms with Gasteiger partial charge in [-0.3, -0.25) is 14.4 Å². The van der Waals surface area contributed by atoms with E-state index in [4.69, 9.17) is 10.5 Å². The highest BCUT2D eigenvalue weighted by Gasteiger charge is 2.44. The summed E-state index contributed by atoms with van der Waals surface area (Å²) in [6.07, 6.45) is -0.00620. The summed E-state index contributed by atoms with van der Waals surface area (Å²) < 4.78 is 5.38. The molecule has 0 bridgehead atoms. The second-order valence-electron chi connectivity index (χ2n) is 8.02. The van der Waals surface area contributed by atoms with Crippen molar-refractivity contribution in [2.75, 3.05) is 6.61 Å². The van der Waals surface area contributed by atoms with Crippen molar-refractivity contribution in [2.24, 2.45) is 5.73 Å². The zero-order chi connectivity index (χ0) is 23.8. The minimum atomic E-state index is -1.34. The molecule has 9 heteroatoms. The third-order valence-corrected chi connectivity index (χ3v) is 5.85. The maximum Gasteiger partial charge on any atom is 0.340 e. The van der Waals surface area contributed by atoms with Gasteiger partial charge in [-0.1, -0.05) is 36.4 Å². The molecular weight excluding hydrogens is 426 g/mol. The minimum absolute atomic E-state index is 0.00620. The summed E-state index contributed by atoms with van der Waals surface area (Å²) in [6.45, 7) is 1.36. The number of aromatic nitrogens is 1. The summed E-state index contributed by atoms with van der Waals surface area (Å²) in [4.78, 5) is 52.8. The molecule has 0 fully saturated rings. The van der Waals surface area contributed by atoms with Crippen LogP contribution in [0, 0.1) is 0 Å². The highest BCUT2D eigenvalue weighted by molar-refractivity contribution is 6.27. The second kappa shape index (κ2) is 8.45. The number of hydrogen-bond acceptors (Lipinski definition) is 7. The number of nitrogens with two attached hydrogens (primary N) is 2. The first-order valence-corrected chi connectivity index (χ1v) is 10.2. The number of hydrogen-bond donors (Lipinski definition) is 4. The van der Waals surface area contributed by atoms with Crippen LogP contribution < -0.4 is 16.8 Å². The fourth-order valence-corrected chi connectivity index (χ4v) is 4.00. The second-order valence-corrected chi connectivity index (χ2v) is 8.02. The molecule has 1 unspecified atom stereocenters. The van der Waals surface area contributed by atoms with E-state index in [-0.39, 0.29) is 46.5 Å². The summed E-state index contributed by atoms with van der Waals surface area (Å²) in [7, 11) is 0. The number of pyridine rings is 1. The third-order valence-electron chi connectivity index (χ3n) is 5.85. The summed E-state index contributed by atoms with van der Waals surface area (Å²) in [5, 5.41) is 10.7. The average molecular weight is 448 g/mol. The van der Waals surface area contributed by atoms with Crippen LogP contribution in [0.3, 0.4) is 0 Å². The third kappa shape index (κ3) is 3.84. The summed E-state index contributed by atoms with van der Waals surface area (Å²) in [6, 6.07) is 14.2. The minimum Gasteiger partial charge on any atom is -0.462 e. The van der Waals surface area contributed by atoms with Gasteiger partial charge in [-0.15, -0.1) is 0 Å². The van der Waals surface area contributed by atoms with E-state index in [1.807, 2.05) is 0 Å². The lowest BCUT2D eigenvalue weighted by Gasteiger charge is -2.29. The number of H-pyrrole nitrogens is 1. The molecule has 0 aliphatic heterocycles. The van der Waals surface area contributed by atoms with E-state index in [2.05, 4.69) is 4.98 Å². The molecule has 0 spiro atoms. The largest absolute Gasteiger partial charge is 0.462 e. The molecule has 0 saturated heterocycles. The maximum absolute atomic E-state index is 13.1. The van der Waals surface area contributed by atoms with E-state index >= 15 is 0 Å². The van der Waals surface area contributed by atoms with E-state index in [0.29, 0.717) is 10.9 Å². The number of ketones is 2. The molecule has 6 N–H and O–H groups in total. The Morgan fingerprint density at radius 3 is 2.42 bits per heavy atom. The Morgan fingerprint density at radius 1 is 1.03 bits per heavy atom. The molecule has 0 radical (unpaired) electrons. The normalized spacial score (nSPS) is 15.3. The van der Waals surface area contributed by atoms with Gasteiger partial charge in [0.15, 0.2) is 11.3 Å². The Bertz CT molecular complexity index is 1390. The monoisotopic (exact) mass is 448 g/mol. The molecule has 1 aromatic heterocycles. The highest BCUT2D eigenvalue weighted by Crippen LogP contribution is 2.30. The van der Waals surface area contributed by atoms with Crippen LogP contribution in [0.2, 0.25) is 0 Å². The summed E-state index contributed by atoms with van der Waals surface area (Å²) in [5.41, 5.74) is 5.78. The number of allylic oxidation sites excluding steroid dienone is 1. The van der Waals surface area contributed by atoms with Crippen molar-refractivity contribution in [1.82, 2.24) is 4.98 Å². The van der Waals surface area contributed by atoms with Crippen LogP contribution in [0.1, 0.15) is 44.4 Å². The Balaban J connectivity index is 1.57. The van der Waals surface area contributed by atoms with Gasteiger partial charge < -0.3 is 15.5 Å². The van der Waals surface area contributed by atoms with Crippen LogP contribution in [0.4, 0.5) is 0 Å². The highest BCUT2D eigenvalue weighted by atomic mass is 16.5. The lowest BCUT2D eigenvalue weighted by atomic mass is 9.77. The molecule has 33 heavy (non-hydrogen) atoms. The zero-order valence-electron chi connectivity index (χ0n) is 17.8. The van der Waals surface area contributed by atoms with Gasteiger partial charge in [-0.05, 0) is 24.4 Å². The maximum atomic E-state index is 13.1. The number of carbonyl (C=O) groups excluding carboxylic acids is 3. The predicted molar refractivity (Wildman–Crippen MR) is 118 cm³/mol.